The number of carbonyl (C=O) groups is 1. The zero-order chi connectivity index (χ0) is 19.4. The van der Waals surface area contributed by atoms with Gasteiger partial charge in [0.2, 0.25) is 10.0 Å². The van der Waals surface area contributed by atoms with Crippen LogP contribution in [0.25, 0.3) is 0 Å². The second-order valence-electron chi connectivity index (χ2n) is 8.66. The summed E-state index contributed by atoms with van der Waals surface area (Å²) in [7, 11) is -3.62. The monoisotopic (exact) mass is 396 g/mol. The van der Waals surface area contributed by atoms with Gasteiger partial charge < -0.3 is 14.5 Å². The highest BCUT2D eigenvalue weighted by Gasteiger charge is 2.57. The van der Waals surface area contributed by atoms with Crippen molar-refractivity contribution in [3.05, 3.63) is 18.0 Å². The van der Waals surface area contributed by atoms with Crippen LogP contribution in [0, 0.1) is 23.2 Å². The fraction of sp³-hybridized carbons (Fsp3) is 0.737. The summed E-state index contributed by atoms with van der Waals surface area (Å²) < 4.78 is 37.7. The molecule has 0 amide bonds. The van der Waals surface area contributed by atoms with E-state index in [-0.39, 0.29) is 16.7 Å². The van der Waals surface area contributed by atoms with Gasteiger partial charge >= 0.3 is 5.97 Å². The predicted octanol–water partition coefficient (Wildman–Crippen LogP) is 2.26. The van der Waals surface area contributed by atoms with Gasteiger partial charge in [-0.1, -0.05) is 20.8 Å². The average Bonchev–Trinajstić information content (AvgIpc) is 3.14. The molecule has 3 aliphatic carbocycles. The molecule has 1 N–H and O–H groups in total. The topological polar surface area (TPSA) is 88.7 Å². The van der Waals surface area contributed by atoms with Crippen molar-refractivity contribution in [2.24, 2.45) is 23.2 Å². The van der Waals surface area contributed by atoms with Crippen LogP contribution < -0.4 is 0 Å². The molecule has 2 bridgehead atoms. The van der Waals surface area contributed by atoms with Crippen LogP contribution in [0.5, 0.6) is 0 Å². The Bertz CT molecular complexity index is 825. The Morgan fingerprint density at radius 3 is 2.63 bits per heavy atom. The maximum Gasteiger partial charge on any atom is 0.355 e. The second-order valence-corrected chi connectivity index (χ2v) is 10.6. The second kappa shape index (κ2) is 6.60. The summed E-state index contributed by atoms with van der Waals surface area (Å²) in [6, 6.07) is 1.38. The van der Waals surface area contributed by atoms with E-state index in [9.17, 15) is 13.2 Å². The number of fused-ring (bicyclic) bond motifs is 2. The van der Waals surface area contributed by atoms with Gasteiger partial charge in [0.05, 0.1) is 13.2 Å². The van der Waals surface area contributed by atoms with Gasteiger partial charge in [0.25, 0.3) is 0 Å². The number of aromatic amines is 1. The number of carbonyl (C=O) groups excluding carboxylic acids is 1. The Balaban J connectivity index is 1.44. The molecule has 7 nitrogen and oxygen atoms in total. The molecule has 27 heavy (non-hydrogen) atoms. The molecule has 8 heteroatoms. The van der Waals surface area contributed by atoms with E-state index in [0.29, 0.717) is 49.5 Å². The Hall–Kier alpha value is -1.38. The van der Waals surface area contributed by atoms with Crippen molar-refractivity contribution < 1.29 is 22.7 Å². The first kappa shape index (κ1) is 19.0. The lowest BCUT2D eigenvalue weighted by Crippen LogP contribution is -2.57. The van der Waals surface area contributed by atoms with E-state index < -0.39 is 16.0 Å². The summed E-state index contributed by atoms with van der Waals surface area (Å²) in [5.74, 6) is 1.02. The number of ether oxygens (including phenoxy) is 2. The normalized spacial score (nSPS) is 33.3. The largest absolute Gasteiger partial charge is 0.457 e. The number of sulfonamides is 1. The molecular formula is C19H28N2O5S. The van der Waals surface area contributed by atoms with Crippen molar-refractivity contribution in [1.29, 1.82) is 0 Å². The lowest BCUT2D eigenvalue weighted by atomic mass is 9.45. The van der Waals surface area contributed by atoms with Crippen LogP contribution in [-0.2, 0) is 19.5 Å². The maximum atomic E-state index is 12.7. The minimum atomic E-state index is -3.62. The summed E-state index contributed by atoms with van der Waals surface area (Å²) >= 11 is 0. The molecular weight excluding hydrogens is 368 g/mol. The molecule has 0 aromatic carbocycles. The molecule has 0 spiro atoms. The zero-order valence-electron chi connectivity index (χ0n) is 16.1. The molecule has 150 valence electrons. The number of hydrogen-bond donors (Lipinski definition) is 1. The Morgan fingerprint density at radius 2 is 2.00 bits per heavy atom. The summed E-state index contributed by atoms with van der Waals surface area (Å²) in [6.45, 7) is 8.18. The molecule has 1 aliphatic heterocycles. The minimum Gasteiger partial charge on any atom is -0.457 e. The summed E-state index contributed by atoms with van der Waals surface area (Å²) in [5.41, 5.74) is 0.515. The maximum absolute atomic E-state index is 12.7. The lowest BCUT2D eigenvalue weighted by Gasteiger charge is -2.61. The van der Waals surface area contributed by atoms with Crippen molar-refractivity contribution >= 4 is 16.0 Å². The van der Waals surface area contributed by atoms with E-state index in [0.717, 1.165) is 6.42 Å². The number of hydrogen-bond acceptors (Lipinski definition) is 5. The standard InChI is InChI=1S/C19H28N2O5S/c1-12-15-8-13(19(15,2)3)9-17(12)26-18(22)16-10-14(11-20-16)27(23,24)21-4-6-25-7-5-21/h10-13,15,17,20H,4-9H2,1-3H3. The van der Waals surface area contributed by atoms with Gasteiger partial charge in [0, 0.05) is 19.3 Å². The van der Waals surface area contributed by atoms with Crippen molar-refractivity contribution in [1.82, 2.24) is 9.29 Å². The van der Waals surface area contributed by atoms with Crippen LogP contribution >= 0.6 is 0 Å². The number of rotatable bonds is 4. The van der Waals surface area contributed by atoms with Gasteiger partial charge in [-0.05, 0) is 42.1 Å². The third-order valence-corrected chi connectivity index (χ3v) is 8.90. The average molecular weight is 397 g/mol. The van der Waals surface area contributed by atoms with Crippen molar-refractivity contribution in [2.45, 2.75) is 44.6 Å². The number of morpholine rings is 1. The smallest absolute Gasteiger partial charge is 0.355 e. The molecule has 4 unspecified atom stereocenters. The number of nitrogens with zero attached hydrogens (tertiary/aromatic N) is 1. The fourth-order valence-electron chi connectivity index (χ4n) is 5.04. The highest BCUT2D eigenvalue weighted by Crippen LogP contribution is 2.61. The third-order valence-electron chi connectivity index (χ3n) is 7.03. The van der Waals surface area contributed by atoms with Gasteiger partial charge in [-0.3, -0.25) is 0 Å². The van der Waals surface area contributed by atoms with Crippen molar-refractivity contribution in [3.63, 3.8) is 0 Å². The highest BCUT2D eigenvalue weighted by atomic mass is 32.2. The molecule has 4 aliphatic rings. The number of H-pyrrole nitrogens is 1. The van der Waals surface area contributed by atoms with E-state index in [1.165, 1.54) is 23.0 Å². The van der Waals surface area contributed by atoms with Gasteiger partial charge in [0.15, 0.2) is 0 Å². The van der Waals surface area contributed by atoms with E-state index in [4.69, 9.17) is 9.47 Å². The van der Waals surface area contributed by atoms with Crippen molar-refractivity contribution in [3.8, 4) is 0 Å². The predicted molar refractivity (Wildman–Crippen MR) is 98.7 cm³/mol. The van der Waals surface area contributed by atoms with Gasteiger partial charge in [-0.15, -0.1) is 0 Å². The molecule has 1 aromatic rings. The zero-order valence-corrected chi connectivity index (χ0v) is 16.9. The highest BCUT2D eigenvalue weighted by molar-refractivity contribution is 7.89. The molecule has 0 radical (unpaired) electrons. The molecule has 4 atom stereocenters. The third kappa shape index (κ3) is 3.11. The number of nitrogens with one attached hydrogen (secondary N) is 1. The van der Waals surface area contributed by atoms with Crippen LogP contribution in [0.15, 0.2) is 17.2 Å². The summed E-state index contributed by atoms with van der Waals surface area (Å²) in [5, 5.41) is 0. The minimum absolute atomic E-state index is 0.0945. The molecule has 4 fully saturated rings. The Kier molecular flexibility index (Phi) is 4.63. The summed E-state index contributed by atoms with van der Waals surface area (Å²) in [4.78, 5) is 15.5. The number of esters is 1. The molecule has 2 heterocycles. The van der Waals surface area contributed by atoms with Crippen LogP contribution in [0.3, 0.4) is 0 Å². The van der Waals surface area contributed by atoms with Gasteiger partial charge in [0.1, 0.15) is 16.7 Å². The summed E-state index contributed by atoms with van der Waals surface area (Å²) in [6.07, 6.45) is 3.37. The lowest BCUT2D eigenvalue weighted by molar-refractivity contribution is -0.156. The first-order valence-electron chi connectivity index (χ1n) is 9.68. The van der Waals surface area contributed by atoms with Crippen LogP contribution in [0.4, 0.5) is 0 Å². The fourth-order valence-corrected chi connectivity index (χ4v) is 6.44. The van der Waals surface area contributed by atoms with Crippen molar-refractivity contribution in [2.75, 3.05) is 26.3 Å². The van der Waals surface area contributed by atoms with Crippen LogP contribution in [-0.4, -0.2) is 56.1 Å². The van der Waals surface area contributed by atoms with E-state index in [1.54, 1.807) is 0 Å². The first-order valence-corrected chi connectivity index (χ1v) is 11.1. The van der Waals surface area contributed by atoms with Gasteiger partial charge in [-0.25, -0.2) is 13.2 Å². The van der Waals surface area contributed by atoms with E-state index in [2.05, 4.69) is 25.8 Å². The van der Waals surface area contributed by atoms with E-state index in [1.807, 2.05) is 0 Å². The Morgan fingerprint density at radius 1 is 1.30 bits per heavy atom. The van der Waals surface area contributed by atoms with Crippen LogP contribution in [0.1, 0.15) is 44.1 Å². The molecule has 1 saturated heterocycles. The quantitative estimate of drug-likeness (QED) is 0.789. The van der Waals surface area contributed by atoms with E-state index >= 15 is 0 Å². The SMILES string of the molecule is CC1C(OC(=O)c2cc(S(=O)(=O)N3CCOCC3)c[nH]2)CC2CC1C2(C)C. The Labute approximate surface area is 160 Å². The molecule has 3 saturated carbocycles. The number of aromatic nitrogens is 1. The molecule has 5 rings (SSSR count). The molecule has 1 aromatic heterocycles. The van der Waals surface area contributed by atoms with Crippen LogP contribution in [0.2, 0.25) is 0 Å². The first-order chi connectivity index (χ1) is 12.7. The van der Waals surface area contributed by atoms with Gasteiger partial charge in [-0.2, -0.15) is 4.31 Å².